The summed E-state index contributed by atoms with van der Waals surface area (Å²) in [5, 5.41) is 10.6. The van der Waals surface area contributed by atoms with Gasteiger partial charge in [-0.1, -0.05) is 18.2 Å². The fourth-order valence-corrected chi connectivity index (χ4v) is 3.34. The molecule has 3 rings (SSSR count). The van der Waals surface area contributed by atoms with Crippen molar-refractivity contribution in [2.75, 3.05) is 11.2 Å². The zero-order chi connectivity index (χ0) is 21.2. The van der Waals surface area contributed by atoms with Gasteiger partial charge >= 0.3 is 6.09 Å². The number of benzene rings is 2. The lowest BCUT2D eigenvalue weighted by Gasteiger charge is -2.20. The van der Waals surface area contributed by atoms with Gasteiger partial charge in [0, 0.05) is 16.8 Å². The number of carbonyl (C=O) groups is 2. The van der Waals surface area contributed by atoms with Crippen molar-refractivity contribution >= 4 is 33.6 Å². The van der Waals surface area contributed by atoms with Crippen molar-refractivity contribution in [3.63, 3.8) is 0 Å². The van der Waals surface area contributed by atoms with Gasteiger partial charge in [0.15, 0.2) is 0 Å². The van der Waals surface area contributed by atoms with Gasteiger partial charge < -0.3 is 10.1 Å². The Morgan fingerprint density at radius 1 is 1.10 bits per heavy atom. The third kappa shape index (κ3) is 4.79. The molecule has 29 heavy (non-hydrogen) atoms. The minimum absolute atomic E-state index is 0.0965. The first-order valence-electron chi connectivity index (χ1n) is 8.59. The minimum Gasteiger partial charge on any atom is -0.416 e. The van der Waals surface area contributed by atoms with E-state index in [4.69, 9.17) is 14.3 Å². The SMILES string of the molecule is CC1C(OS(C)(=O)=O)OC(=O)N1c1ccc(C(=N)NC(=O)c2ccccc2)cc1. The molecule has 2 amide bonds. The van der Waals surface area contributed by atoms with Gasteiger partial charge in [-0.05, 0) is 43.3 Å². The van der Waals surface area contributed by atoms with E-state index in [9.17, 15) is 18.0 Å². The van der Waals surface area contributed by atoms with Crippen molar-refractivity contribution in [2.24, 2.45) is 0 Å². The van der Waals surface area contributed by atoms with Gasteiger partial charge in [0.05, 0.1) is 6.26 Å². The average molecular weight is 417 g/mol. The number of amidine groups is 1. The van der Waals surface area contributed by atoms with E-state index in [2.05, 4.69) is 5.32 Å². The van der Waals surface area contributed by atoms with E-state index in [0.717, 1.165) is 6.26 Å². The van der Waals surface area contributed by atoms with Gasteiger partial charge in [0.1, 0.15) is 11.9 Å². The Hall–Kier alpha value is -3.24. The van der Waals surface area contributed by atoms with Crippen molar-refractivity contribution in [3.05, 3.63) is 65.7 Å². The Morgan fingerprint density at radius 3 is 2.31 bits per heavy atom. The summed E-state index contributed by atoms with van der Waals surface area (Å²) in [6, 6.07) is 14.1. The lowest BCUT2D eigenvalue weighted by atomic mass is 10.1. The highest BCUT2D eigenvalue weighted by molar-refractivity contribution is 7.86. The molecule has 10 heteroatoms. The molecule has 0 radical (unpaired) electrons. The fraction of sp³-hybridized carbons (Fsp3) is 0.211. The van der Waals surface area contributed by atoms with Gasteiger partial charge in [-0.15, -0.1) is 0 Å². The fourth-order valence-electron chi connectivity index (χ4n) is 2.79. The van der Waals surface area contributed by atoms with Crippen LogP contribution in [0.15, 0.2) is 54.6 Å². The van der Waals surface area contributed by atoms with Crippen LogP contribution in [-0.4, -0.2) is 44.8 Å². The average Bonchev–Trinajstić information content (AvgIpc) is 2.94. The second kappa shape index (κ2) is 8.02. The number of nitrogens with zero attached hydrogens (tertiary/aromatic N) is 1. The normalized spacial score (nSPS) is 19.0. The quantitative estimate of drug-likeness (QED) is 0.436. The van der Waals surface area contributed by atoms with Crippen molar-refractivity contribution in [1.29, 1.82) is 5.41 Å². The predicted molar refractivity (Wildman–Crippen MR) is 105 cm³/mol. The Bertz CT molecular complexity index is 1040. The standard InChI is InChI=1S/C19H19N3O6S/c1-12-18(28-29(2,25)26)27-19(24)22(12)15-10-8-13(9-11-15)16(20)21-17(23)14-6-4-3-5-7-14/h3-12,18H,1-2H3,(H2,20,21,23). The van der Waals surface area contributed by atoms with E-state index in [1.807, 2.05) is 0 Å². The van der Waals surface area contributed by atoms with Gasteiger partial charge in [-0.3, -0.25) is 15.1 Å². The molecule has 9 nitrogen and oxygen atoms in total. The highest BCUT2D eigenvalue weighted by Crippen LogP contribution is 2.28. The number of rotatable bonds is 5. The van der Waals surface area contributed by atoms with E-state index in [-0.39, 0.29) is 5.84 Å². The van der Waals surface area contributed by atoms with E-state index >= 15 is 0 Å². The van der Waals surface area contributed by atoms with Crippen LogP contribution in [0.25, 0.3) is 0 Å². The summed E-state index contributed by atoms with van der Waals surface area (Å²) in [6.07, 6.45) is -1.12. The maximum Gasteiger partial charge on any atom is 0.417 e. The largest absolute Gasteiger partial charge is 0.417 e. The number of anilines is 1. The zero-order valence-corrected chi connectivity index (χ0v) is 16.5. The molecule has 152 valence electrons. The Kier molecular flexibility index (Phi) is 5.66. The van der Waals surface area contributed by atoms with Gasteiger partial charge in [-0.25, -0.2) is 8.98 Å². The molecule has 1 heterocycles. The highest BCUT2D eigenvalue weighted by atomic mass is 32.2. The first-order valence-corrected chi connectivity index (χ1v) is 10.4. The monoisotopic (exact) mass is 417 g/mol. The molecule has 0 spiro atoms. The van der Waals surface area contributed by atoms with E-state index in [1.54, 1.807) is 61.5 Å². The zero-order valence-electron chi connectivity index (χ0n) is 15.7. The Labute approximate surface area is 167 Å². The molecule has 1 saturated heterocycles. The molecule has 2 aromatic carbocycles. The molecule has 0 bridgehead atoms. The molecule has 1 aliphatic heterocycles. The number of ether oxygens (including phenoxy) is 1. The Morgan fingerprint density at radius 2 is 1.72 bits per heavy atom. The number of hydrogen-bond acceptors (Lipinski definition) is 7. The maximum atomic E-state index is 12.2. The molecule has 1 aliphatic rings. The summed E-state index contributed by atoms with van der Waals surface area (Å²) < 4.78 is 32.4. The molecule has 2 aromatic rings. The number of cyclic esters (lactones) is 1. The van der Waals surface area contributed by atoms with Crippen LogP contribution in [0.5, 0.6) is 0 Å². The van der Waals surface area contributed by atoms with Gasteiger partial charge in [-0.2, -0.15) is 8.42 Å². The summed E-state index contributed by atoms with van der Waals surface area (Å²) in [5.74, 6) is -0.502. The second-order valence-corrected chi connectivity index (χ2v) is 8.01. The summed E-state index contributed by atoms with van der Waals surface area (Å²) in [6.45, 7) is 1.59. The number of nitrogens with one attached hydrogen (secondary N) is 2. The summed E-state index contributed by atoms with van der Waals surface area (Å²) in [5.41, 5.74) is 1.30. The van der Waals surface area contributed by atoms with Gasteiger partial charge in [0.25, 0.3) is 16.0 Å². The van der Waals surface area contributed by atoms with Crippen LogP contribution in [0, 0.1) is 5.41 Å². The number of amides is 2. The van der Waals surface area contributed by atoms with E-state index in [1.165, 1.54) is 4.90 Å². The van der Waals surface area contributed by atoms with Gasteiger partial charge in [0.2, 0.25) is 6.29 Å². The third-order valence-corrected chi connectivity index (χ3v) is 4.73. The summed E-state index contributed by atoms with van der Waals surface area (Å²) in [7, 11) is -3.79. The van der Waals surface area contributed by atoms with Crippen molar-refractivity contribution in [3.8, 4) is 0 Å². The highest BCUT2D eigenvalue weighted by Gasteiger charge is 2.42. The van der Waals surface area contributed by atoms with Crippen molar-refractivity contribution < 1.29 is 26.9 Å². The van der Waals surface area contributed by atoms with Crippen molar-refractivity contribution in [1.82, 2.24) is 5.32 Å². The molecular weight excluding hydrogens is 398 g/mol. The number of hydrogen-bond donors (Lipinski definition) is 2. The van der Waals surface area contributed by atoms with E-state index in [0.29, 0.717) is 16.8 Å². The van der Waals surface area contributed by atoms with Crippen LogP contribution in [0.3, 0.4) is 0 Å². The summed E-state index contributed by atoms with van der Waals surface area (Å²) >= 11 is 0. The molecule has 2 N–H and O–H groups in total. The molecule has 0 aromatic heterocycles. The maximum absolute atomic E-state index is 12.2. The smallest absolute Gasteiger partial charge is 0.416 e. The molecular formula is C19H19N3O6S. The molecule has 1 fully saturated rings. The van der Waals surface area contributed by atoms with Crippen molar-refractivity contribution in [2.45, 2.75) is 19.3 Å². The molecule has 0 saturated carbocycles. The first kappa shape index (κ1) is 20.5. The van der Waals surface area contributed by atoms with Crippen LogP contribution < -0.4 is 10.2 Å². The Balaban J connectivity index is 1.70. The predicted octanol–water partition coefficient (Wildman–Crippen LogP) is 2.09. The molecule has 0 aliphatic carbocycles. The first-order chi connectivity index (χ1) is 13.7. The van der Waals surface area contributed by atoms with Crippen LogP contribution >= 0.6 is 0 Å². The lowest BCUT2D eigenvalue weighted by molar-refractivity contribution is -0.00472. The third-order valence-electron chi connectivity index (χ3n) is 4.19. The summed E-state index contributed by atoms with van der Waals surface area (Å²) in [4.78, 5) is 25.5. The van der Waals surface area contributed by atoms with E-state index < -0.39 is 34.5 Å². The second-order valence-electron chi connectivity index (χ2n) is 6.41. The molecule has 2 atom stereocenters. The lowest BCUT2D eigenvalue weighted by Crippen LogP contribution is -2.36. The van der Waals surface area contributed by atoms with Crippen LogP contribution in [0.2, 0.25) is 0 Å². The molecule has 2 unspecified atom stereocenters. The van der Waals surface area contributed by atoms with Crippen LogP contribution in [0.1, 0.15) is 22.8 Å². The van der Waals surface area contributed by atoms with Crippen LogP contribution in [-0.2, 0) is 19.0 Å². The topological polar surface area (TPSA) is 126 Å². The number of carbonyl (C=O) groups excluding carboxylic acids is 2. The minimum atomic E-state index is -3.79. The van der Waals surface area contributed by atoms with Crippen LogP contribution in [0.4, 0.5) is 10.5 Å².